The van der Waals surface area contributed by atoms with Gasteiger partial charge in [0, 0.05) is 12.6 Å². The molecule has 0 fully saturated rings. The number of carbonyl (C=O) groups is 1. The van der Waals surface area contributed by atoms with Gasteiger partial charge >= 0.3 is 5.91 Å². The molecule has 5 nitrogen and oxygen atoms in total. The molecule has 3 aromatic rings. The Morgan fingerprint density at radius 1 is 1.41 bits per heavy atom. The third-order valence-corrected chi connectivity index (χ3v) is 4.56. The Morgan fingerprint density at radius 2 is 2.23 bits per heavy atom. The highest BCUT2D eigenvalue weighted by Gasteiger charge is 2.13. The Hall–Kier alpha value is -2.21. The molecular weight excluding hydrogens is 298 g/mol. The van der Waals surface area contributed by atoms with E-state index in [1.807, 2.05) is 6.07 Å². The van der Waals surface area contributed by atoms with E-state index in [-0.39, 0.29) is 5.76 Å². The smallest absolute Gasteiger partial charge is 0.318 e. The van der Waals surface area contributed by atoms with Crippen LogP contribution in [0.15, 0.2) is 33.8 Å². The van der Waals surface area contributed by atoms with Crippen LogP contribution in [0.4, 0.5) is 0 Å². The number of hydrogen-bond acceptors (Lipinski definition) is 4. The van der Waals surface area contributed by atoms with Crippen molar-refractivity contribution in [3.63, 3.8) is 0 Å². The fraction of sp³-hybridized carbons (Fsp3) is 0.312. The normalized spacial score (nSPS) is 12.2. The first kappa shape index (κ1) is 14.7. The predicted octanol–water partition coefficient (Wildman–Crippen LogP) is 3.32. The number of benzene rings is 1. The van der Waals surface area contributed by atoms with Gasteiger partial charge in [-0.15, -0.1) is 0 Å². The summed E-state index contributed by atoms with van der Waals surface area (Å²) in [6.07, 6.45) is 0.947. The second kappa shape index (κ2) is 5.88. The van der Waals surface area contributed by atoms with Crippen LogP contribution >= 0.6 is 11.3 Å². The van der Waals surface area contributed by atoms with Crippen LogP contribution in [0.25, 0.3) is 10.2 Å². The van der Waals surface area contributed by atoms with Gasteiger partial charge in [0.15, 0.2) is 4.80 Å². The molecule has 114 valence electrons. The topological polar surface area (TPSA) is 60.4 Å². The highest BCUT2D eigenvalue weighted by Crippen LogP contribution is 2.22. The minimum absolute atomic E-state index is 0.174. The summed E-state index contributed by atoms with van der Waals surface area (Å²) in [6, 6.07) is 7.83. The van der Waals surface area contributed by atoms with Gasteiger partial charge in [-0.25, -0.2) is 0 Å². The molecule has 0 saturated carbocycles. The van der Waals surface area contributed by atoms with E-state index < -0.39 is 5.91 Å². The first-order valence-electron chi connectivity index (χ1n) is 7.27. The van der Waals surface area contributed by atoms with Crippen molar-refractivity contribution in [1.29, 1.82) is 0 Å². The van der Waals surface area contributed by atoms with Gasteiger partial charge in [-0.2, -0.15) is 4.99 Å². The maximum absolute atomic E-state index is 12.2. The lowest BCUT2D eigenvalue weighted by atomic mass is 10.1. The Bertz CT molecular complexity index is 902. The largest absolute Gasteiger partial charge is 0.351 e. The number of hydrogen-bond donors (Lipinski definition) is 0. The molecule has 0 aliphatic heterocycles. The molecule has 0 aliphatic rings. The molecule has 1 aromatic carbocycles. The fourth-order valence-electron chi connectivity index (χ4n) is 2.47. The molecule has 0 aliphatic carbocycles. The van der Waals surface area contributed by atoms with Crippen LogP contribution in [-0.2, 0) is 13.0 Å². The number of aryl methyl sites for hydroxylation is 3. The summed E-state index contributed by atoms with van der Waals surface area (Å²) in [7, 11) is 0. The standard InChI is InChI=1S/C16H17N3O2S/c1-4-11-7-6-8-13-14(11)19(5-2)16(22-13)17-15(20)12-9-10(3)18-21-12/h6-9H,4-5H2,1-3H3. The zero-order valence-electron chi connectivity index (χ0n) is 12.8. The van der Waals surface area contributed by atoms with E-state index in [4.69, 9.17) is 4.52 Å². The number of carbonyl (C=O) groups excluding carboxylic acids is 1. The van der Waals surface area contributed by atoms with Crippen molar-refractivity contribution in [3.8, 4) is 0 Å². The molecule has 6 heteroatoms. The first-order valence-corrected chi connectivity index (χ1v) is 8.09. The molecule has 0 spiro atoms. The van der Waals surface area contributed by atoms with Crippen LogP contribution in [0.2, 0.25) is 0 Å². The number of thiazole rings is 1. The molecule has 0 N–H and O–H groups in total. The summed E-state index contributed by atoms with van der Waals surface area (Å²) in [6.45, 7) is 6.73. The summed E-state index contributed by atoms with van der Waals surface area (Å²) in [5.74, 6) is -0.222. The van der Waals surface area contributed by atoms with Crippen molar-refractivity contribution in [2.45, 2.75) is 33.7 Å². The maximum atomic E-state index is 12.2. The Balaban J connectivity index is 2.18. The van der Waals surface area contributed by atoms with Gasteiger partial charge < -0.3 is 9.09 Å². The molecule has 1 amide bonds. The summed E-state index contributed by atoms with van der Waals surface area (Å²) >= 11 is 1.52. The van der Waals surface area contributed by atoms with Crippen LogP contribution in [0.3, 0.4) is 0 Å². The van der Waals surface area contributed by atoms with E-state index in [2.05, 4.69) is 40.7 Å². The molecule has 0 bridgehead atoms. The van der Waals surface area contributed by atoms with E-state index in [9.17, 15) is 4.79 Å². The summed E-state index contributed by atoms with van der Waals surface area (Å²) in [5, 5.41) is 3.73. The Labute approximate surface area is 131 Å². The van der Waals surface area contributed by atoms with Crippen molar-refractivity contribution in [1.82, 2.24) is 9.72 Å². The second-order valence-corrected chi connectivity index (χ2v) is 6.00. The Morgan fingerprint density at radius 3 is 2.86 bits per heavy atom. The summed E-state index contributed by atoms with van der Waals surface area (Å²) in [4.78, 5) is 17.1. The molecule has 0 saturated heterocycles. The average Bonchev–Trinajstić information content (AvgIpc) is 3.09. The van der Waals surface area contributed by atoms with Gasteiger partial charge in [-0.05, 0) is 31.9 Å². The highest BCUT2D eigenvalue weighted by atomic mass is 32.1. The molecule has 3 rings (SSSR count). The van der Waals surface area contributed by atoms with E-state index >= 15 is 0 Å². The van der Waals surface area contributed by atoms with Crippen LogP contribution in [0.5, 0.6) is 0 Å². The van der Waals surface area contributed by atoms with Crippen LogP contribution < -0.4 is 4.80 Å². The lowest BCUT2D eigenvalue weighted by molar-refractivity contribution is 0.0962. The zero-order valence-corrected chi connectivity index (χ0v) is 13.6. The van der Waals surface area contributed by atoms with Crippen molar-refractivity contribution in [3.05, 3.63) is 46.1 Å². The first-order chi connectivity index (χ1) is 10.6. The van der Waals surface area contributed by atoms with Crippen molar-refractivity contribution in [2.24, 2.45) is 4.99 Å². The van der Waals surface area contributed by atoms with E-state index in [0.717, 1.165) is 23.2 Å². The average molecular weight is 315 g/mol. The van der Waals surface area contributed by atoms with E-state index in [1.165, 1.54) is 16.9 Å². The fourth-order valence-corrected chi connectivity index (χ4v) is 3.61. The minimum atomic E-state index is -0.396. The quantitative estimate of drug-likeness (QED) is 0.745. The number of amides is 1. The van der Waals surface area contributed by atoms with Crippen molar-refractivity contribution in [2.75, 3.05) is 0 Å². The highest BCUT2D eigenvalue weighted by molar-refractivity contribution is 7.16. The van der Waals surface area contributed by atoms with Crippen molar-refractivity contribution >= 4 is 27.5 Å². The zero-order chi connectivity index (χ0) is 15.7. The minimum Gasteiger partial charge on any atom is -0.351 e. The monoisotopic (exact) mass is 315 g/mol. The predicted molar refractivity (Wildman–Crippen MR) is 86.0 cm³/mol. The number of fused-ring (bicyclic) bond motifs is 1. The van der Waals surface area contributed by atoms with Crippen LogP contribution in [-0.4, -0.2) is 15.6 Å². The summed E-state index contributed by atoms with van der Waals surface area (Å²) in [5.41, 5.74) is 3.10. The number of rotatable bonds is 3. The van der Waals surface area contributed by atoms with Gasteiger partial charge in [0.1, 0.15) is 0 Å². The van der Waals surface area contributed by atoms with E-state index in [0.29, 0.717) is 10.5 Å². The van der Waals surface area contributed by atoms with Gasteiger partial charge in [0.05, 0.1) is 15.9 Å². The molecule has 22 heavy (non-hydrogen) atoms. The lowest BCUT2D eigenvalue weighted by Crippen LogP contribution is -2.16. The van der Waals surface area contributed by atoms with Gasteiger partial charge in [-0.1, -0.05) is 35.5 Å². The maximum Gasteiger partial charge on any atom is 0.318 e. The van der Waals surface area contributed by atoms with Crippen LogP contribution in [0.1, 0.15) is 35.7 Å². The molecule has 2 aromatic heterocycles. The summed E-state index contributed by atoms with van der Waals surface area (Å²) < 4.78 is 8.22. The SMILES string of the molecule is CCc1cccc2sc(=NC(=O)c3cc(C)no3)n(CC)c12. The number of nitrogens with zero attached hydrogens (tertiary/aromatic N) is 3. The lowest BCUT2D eigenvalue weighted by Gasteiger charge is -2.04. The second-order valence-electron chi connectivity index (χ2n) is 5.00. The van der Waals surface area contributed by atoms with Gasteiger partial charge in [0.25, 0.3) is 0 Å². The van der Waals surface area contributed by atoms with Crippen molar-refractivity contribution < 1.29 is 9.32 Å². The molecule has 2 heterocycles. The third-order valence-electron chi connectivity index (χ3n) is 3.52. The molecule has 0 atom stereocenters. The number of aromatic nitrogens is 2. The number of para-hydroxylation sites is 1. The molecular formula is C16H17N3O2S. The Kier molecular flexibility index (Phi) is 3.94. The van der Waals surface area contributed by atoms with Crippen LogP contribution in [0, 0.1) is 6.92 Å². The van der Waals surface area contributed by atoms with Gasteiger partial charge in [0.2, 0.25) is 5.76 Å². The van der Waals surface area contributed by atoms with Gasteiger partial charge in [-0.3, -0.25) is 4.79 Å². The molecule has 0 radical (unpaired) electrons. The van der Waals surface area contributed by atoms with E-state index in [1.54, 1.807) is 13.0 Å². The molecule has 0 unspecified atom stereocenters. The third kappa shape index (κ3) is 2.50.